The molecule has 0 atom stereocenters. The van der Waals surface area contributed by atoms with E-state index in [0.717, 1.165) is 11.9 Å². The van der Waals surface area contributed by atoms with Gasteiger partial charge in [-0.05, 0) is 47.4 Å². The number of carbonyl (C=O) groups excluding carboxylic acids is 1. The molecule has 1 amide bonds. The Morgan fingerprint density at radius 2 is 1.59 bits per heavy atom. The summed E-state index contributed by atoms with van der Waals surface area (Å²) in [5.41, 5.74) is 1.33. The fourth-order valence-corrected chi connectivity index (χ4v) is 4.82. The maximum Gasteiger partial charge on any atom is 0.411 e. The Balaban J connectivity index is 1.57. The number of nitrogens with zero attached hydrogens (tertiary/aromatic N) is 3. The minimum absolute atomic E-state index is 0.0252. The Labute approximate surface area is 255 Å². The standard InChI is InChI=1S/C30H33N5O8S/c1-30(2,3)20-6-9-23(10-7-20)44(37,38)35-27-26(43-22-8-11-24(39-4)25(18-22)40-5)28(33-19-32-27)41-16-17-42-29(36)34-21-12-14-31-15-13-21/h6-15,18-19H,16-17H2,1-5H3,(H,31,34,36)(H,32,33,35). The third-order valence-corrected chi connectivity index (χ3v) is 7.44. The van der Waals surface area contributed by atoms with Crippen molar-refractivity contribution in [2.75, 3.05) is 37.5 Å². The molecule has 0 unspecified atom stereocenters. The molecule has 0 saturated carbocycles. The van der Waals surface area contributed by atoms with Gasteiger partial charge in [-0.15, -0.1) is 0 Å². The molecule has 2 aromatic carbocycles. The largest absolute Gasteiger partial charge is 0.493 e. The van der Waals surface area contributed by atoms with Crippen LogP contribution in [-0.4, -0.2) is 56.9 Å². The van der Waals surface area contributed by atoms with Crippen LogP contribution in [0, 0.1) is 0 Å². The first-order valence-corrected chi connectivity index (χ1v) is 14.8. The summed E-state index contributed by atoms with van der Waals surface area (Å²) >= 11 is 0. The fourth-order valence-electron chi connectivity index (χ4n) is 3.81. The number of hydrogen-bond donors (Lipinski definition) is 2. The number of sulfonamides is 1. The highest BCUT2D eigenvalue weighted by molar-refractivity contribution is 7.92. The van der Waals surface area contributed by atoms with E-state index in [2.05, 4.69) is 25.0 Å². The van der Waals surface area contributed by atoms with Crippen LogP contribution in [0.15, 0.2) is 78.2 Å². The topological polar surface area (TPSA) is 160 Å². The summed E-state index contributed by atoms with van der Waals surface area (Å²) in [6.07, 6.45) is 3.48. The predicted octanol–water partition coefficient (Wildman–Crippen LogP) is 5.41. The Bertz CT molecular complexity index is 1680. The normalized spacial score (nSPS) is 11.3. The van der Waals surface area contributed by atoms with E-state index in [1.807, 2.05) is 20.8 Å². The number of benzene rings is 2. The van der Waals surface area contributed by atoms with Crippen molar-refractivity contribution in [2.45, 2.75) is 31.1 Å². The second kappa shape index (κ2) is 13.9. The summed E-state index contributed by atoms with van der Waals surface area (Å²) in [6.45, 7) is 5.82. The number of pyridine rings is 1. The molecule has 232 valence electrons. The van der Waals surface area contributed by atoms with Gasteiger partial charge in [0.2, 0.25) is 5.75 Å². The Hall–Kier alpha value is -5.11. The average Bonchev–Trinajstić information content (AvgIpc) is 3.00. The van der Waals surface area contributed by atoms with Crippen molar-refractivity contribution in [1.82, 2.24) is 15.0 Å². The summed E-state index contributed by atoms with van der Waals surface area (Å²) < 4.78 is 56.8. The van der Waals surface area contributed by atoms with Gasteiger partial charge in [-0.2, -0.15) is 4.98 Å². The summed E-state index contributed by atoms with van der Waals surface area (Å²) in [4.78, 5) is 24.3. The van der Waals surface area contributed by atoms with Gasteiger partial charge in [-0.25, -0.2) is 18.2 Å². The quantitative estimate of drug-likeness (QED) is 0.194. The molecule has 0 radical (unpaired) electrons. The molecular formula is C30H33N5O8S. The molecule has 2 N–H and O–H groups in total. The number of rotatable bonds is 12. The SMILES string of the molecule is COc1ccc(Oc2c(NS(=O)(=O)c3ccc(C(C)(C)C)cc3)ncnc2OCCOC(=O)Nc2ccncc2)cc1OC. The number of anilines is 2. The molecule has 4 aromatic rings. The van der Waals surface area contributed by atoms with Gasteiger partial charge in [-0.1, -0.05) is 32.9 Å². The Morgan fingerprint density at radius 3 is 2.25 bits per heavy atom. The number of carbonyl (C=O) groups is 1. The van der Waals surface area contributed by atoms with Gasteiger partial charge in [0.25, 0.3) is 15.9 Å². The number of nitrogens with one attached hydrogen (secondary N) is 2. The van der Waals surface area contributed by atoms with Crippen LogP contribution < -0.4 is 29.0 Å². The van der Waals surface area contributed by atoms with E-state index >= 15 is 0 Å². The minimum atomic E-state index is -4.10. The molecule has 0 aliphatic heterocycles. The second-order valence-electron chi connectivity index (χ2n) is 10.2. The Kier molecular flexibility index (Phi) is 10.1. The lowest BCUT2D eigenvalue weighted by molar-refractivity contribution is 0.135. The van der Waals surface area contributed by atoms with Crippen LogP contribution in [0.25, 0.3) is 0 Å². The van der Waals surface area contributed by atoms with Gasteiger partial charge in [0.15, 0.2) is 17.3 Å². The van der Waals surface area contributed by atoms with E-state index in [-0.39, 0.29) is 46.7 Å². The van der Waals surface area contributed by atoms with Crippen LogP contribution in [0.5, 0.6) is 28.9 Å². The molecule has 2 aromatic heterocycles. The van der Waals surface area contributed by atoms with E-state index in [9.17, 15) is 13.2 Å². The van der Waals surface area contributed by atoms with Crippen molar-refractivity contribution >= 4 is 27.6 Å². The Morgan fingerprint density at radius 1 is 0.886 bits per heavy atom. The first kappa shape index (κ1) is 31.8. The highest BCUT2D eigenvalue weighted by Gasteiger charge is 2.24. The van der Waals surface area contributed by atoms with E-state index in [1.54, 1.807) is 42.5 Å². The third-order valence-electron chi connectivity index (χ3n) is 6.09. The van der Waals surface area contributed by atoms with E-state index in [1.165, 1.54) is 38.7 Å². The first-order valence-electron chi connectivity index (χ1n) is 13.3. The first-order chi connectivity index (χ1) is 21.0. The molecule has 0 fully saturated rings. The van der Waals surface area contributed by atoms with E-state index < -0.39 is 16.1 Å². The van der Waals surface area contributed by atoms with E-state index in [0.29, 0.717) is 17.2 Å². The summed E-state index contributed by atoms with van der Waals surface area (Å²) in [5, 5.41) is 2.56. The fraction of sp³-hybridized carbons (Fsp3) is 0.267. The summed E-state index contributed by atoms with van der Waals surface area (Å²) in [7, 11) is -1.13. The summed E-state index contributed by atoms with van der Waals surface area (Å²) in [5.74, 6) is 0.678. The van der Waals surface area contributed by atoms with Crippen LogP contribution in [0.1, 0.15) is 26.3 Å². The smallest absolute Gasteiger partial charge is 0.411 e. The molecule has 13 nitrogen and oxygen atoms in total. The molecule has 0 spiro atoms. The maximum absolute atomic E-state index is 13.4. The monoisotopic (exact) mass is 623 g/mol. The maximum atomic E-state index is 13.4. The third kappa shape index (κ3) is 8.25. The molecule has 4 rings (SSSR count). The predicted molar refractivity (Wildman–Crippen MR) is 162 cm³/mol. The van der Waals surface area contributed by atoms with Crippen LogP contribution in [0.2, 0.25) is 0 Å². The second-order valence-corrected chi connectivity index (χ2v) is 11.9. The van der Waals surface area contributed by atoms with Crippen molar-refractivity contribution in [1.29, 1.82) is 0 Å². The molecule has 44 heavy (non-hydrogen) atoms. The highest BCUT2D eigenvalue weighted by atomic mass is 32.2. The number of methoxy groups -OCH3 is 2. The molecule has 14 heteroatoms. The number of amides is 1. The van der Waals surface area contributed by atoms with Crippen molar-refractivity contribution in [3.63, 3.8) is 0 Å². The van der Waals surface area contributed by atoms with Crippen molar-refractivity contribution < 1.29 is 36.9 Å². The van der Waals surface area contributed by atoms with Crippen LogP contribution in [0.4, 0.5) is 16.3 Å². The molecule has 0 saturated heterocycles. The number of hydrogen-bond acceptors (Lipinski definition) is 11. The zero-order valence-electron chi connectivity index (χ0n) is 24.9. The van der Waals surface area contributed by atoms with Gasteiger partial charge in [0.05, 0.1) is 19.1 Å². The van der Waals surface area contributed by atoms with Crippen molar-refractivity contribution in [3.8, 4) is 28.9 Å². The van der Waals surface area contributed by atoms with Gasteiger partial charge in [0.1, 0.15) is 25.3 Å². The highest BCUT2D eigenvalue weighted by Crippen LogP contribution is 2.39. The van der Waals surface area contributed by atoms with Crippen LogP contribution in [0.3, 0.4) is 0 Å². The van der Waals surface area contributed by atoms with Crippen molar-refractivity contribution in [2.24, 2.45) is 0 Å². The van der Waals surface area contributed by atoms with Gasteiger partial charge >= 0.3 is 6.09 Å². The molecule has 0 aliphatic carbocycles. The van der Waals surface area contributed by atoms with Gasteiger partial charge in [0, 0.05) is 24.1 Å². The molecule has 2 heterocycles. The molecule has 0 bridgehead atoms. The molecule has 0 aliphatic rings. The van der Waals surface area contributed by atoms with E-state index in [4.69, 9.17) is 23.7 Å². The lowest BCUT2D eigenvalue weighted by atomic mass is 9.87. The lowest BCUT2D eigenvalue weighted by Gasteiger charge is -2.19. The zero-order chi connectivity index (χ0) is 31.7. The summed E-state index contributed by atoms with van der Waals surface area (Å²) in [6, 6.07) is 14.5. The lowest BCUT2D eigenvalue weighted by Crippen LogP contribution is -2.18. The van der Waals surface area contributed by atoms with Crippen LogP contribution in [-0.2, 0) is 20.2 Å². The molecular weight excluding hydrogens is 590 g/mol. The van der Waals surface area contributed by atoms with Crippen LogP contribution >= 0.6 is 0 Å². The zero-order valence-corrected chi connectivity index (χ0v) is 25.7. The number of ether oxygens (including phenoxy) is 5. The van der Waals surface area contributed by atoms with Gasteiger partial charge in [-0.3, -0.25) is 15.0 Å². The van der Waals surface area contributed by atoms with Gasteiger partial charge < -0.3 is 23.7 Å². The number of aromatic nitrogens is 3. The minimum Gasteiger partial charge on any atom is -0.493 e. The van der Waals surface area contributed by atoms with Crippen molar-refractivity contribution in [3.05, 3.63) is 78.9 Å². The average molecular weight is 624 g/mol.